The van der Waals surface area contributed by atoms with Gasteiger partial charge in [0.2, 0.25) is 11.8 Å². The number of benzene rings is 1. The van der Waals surface area contributed by atoms with Gasteiger partial charge in [-0.2, -0.15) is 0 Å². The Bertz CT molecular complexity index is 505. The summed E-state index contributed by atoms with van der Waals surface area (Å²) in [7, 11) is 3.84. The summed E-state index contributed by atoms with van der Waals surface area (Å²) in [5.74, 6) is -0.940. The number of nitrogens with zero attached hydrogens (tertiary/aromatic N) is 4. The summed E-state index contributed by atoms with van der Waals surface area (Å²) in [6.45, 7) is 0.753. The number of primary amides is 1. The first-order valence-corrected chi connectivity index (χ1v) is 5.72. The first-order valence-electron chi connectivity index (χ1n) is 5.72. The van der Waals surface area contributed by atoms with E-state index in [2.05, 4.69) is 10.0 Å². The first kappa shape index (κ1) is 17.4. The molecule has 0 radical (unpaired) electrons. The van der Waals surface area contributed by atoms with E-state index in [9.17, 15) is 9.59 Å². The molecule has 7 heteroatoms. The topological polar surface area (TPSA) is 112 Å². The summed E-state index contributed by atoms with van der Waals surface area (Å²) in [4.78, 5) is 25.3. The molecule has 0 atom stereocenters. The Hall–Kier alpha value is -2.63. The molecule has 0 bridgehead atoms. The van der Waals surface area contributed by atoms with Crippen LogP contribution in [0.3, 0.4) is 0 Å². The fourth-order valence-corrected chi connectivity index (χ4v) is 1.06. The van der Waals surface area contributed by atoms with Crippen LogP contribution in [0.15, 0.2) is 47.6 Å². The summed E-state index contributed by atoms with van der Waals surface area (Å²) in [6.07, 6.45) is 3.09. The highest BCUT2D eigenvalue weighted by molar-refractivity contribution is 5.94. The van der Waals surface area contributed by atoms with Crippen LogP contribution in [0.5, 0.6) is 0 Å². The number of carbonyl (C=O) groups excluding carboxylic acids is 2. The van der Waals surface area contributed by atoms with Crippen LogP contribution in [0, 0.1) is 0 Å². The van der Waals surface area contributed by atoms with Gasteiger partial charge in [0, 0.05) is 17.0 Å². The molecule has 1 aromatic carbocycles. The molecule has 2 N–H and O–H groups in total. The third-order valence-corrected chi connectivity index (χ3v) is 1.91. The van der Waals surface area contributed by atoms with Gasteiger partial charge in [0.25, 0.3) is 0 Å². The van der Waals surface area contributed by atoms with Crippen molar-refractivity contribution in [2.24, 2.45) is 10.8 Å². The number of azide groups is 1. The van der Waals surface area contributed by atoms with E-state index in [0.29, 0.717) is 5.56 Å². The molecule has 0 fully saturated rings. The summed E-state index contributed by atoms with van der Waals surface area (Å²) in [5.41, 5.74) is 13.2. The van der Waals surface area contributed by atoms with Gasteiger partial charge in [0.15, 0.2) is 0 Å². The van der Waals surface area contributed by atoms with E-state index >= 15 is 0 Å². The van der Waals surface area contributed by atoms with E-state index in [1.807, 2.05) is 19.0 Å². The number of likely N-dealkylation sites (N-methyl/N-ethyl adjacent to an activating group) is 1. The highest BCUT2D eigenvalue weighted by atomic mass is 16.1. The molecule has 1 rings (SSSR count). The van der Waals surface area contributed by atoms with E-state index in [0.717, 1.165) is 6.54 Å². The smallest absolute Gasteiger partial charge is 0.249 e. The Labute approximate surface area is 117 Å². The zero-order valence-electron chi connectivity index (χ0n) is 11.4. The third-order valence-electron chi connectivity index (χ3n) is 1.91. The van der Waals surface area contributed by atoms with E-state index in [4.69, 9.17) is 11.3 Å². The van der Waals surface area contributed by atoms with Crippen LogP contribution >= 0.6 is 0 Å². The predicted molar refractivity (Wildman–Crippen MR) is 76.8 cm³/mol. The molecule has 0 aliphatic heterocycles. The van der Waals surface area contributed by atoms with Crippen molar-refractivity contribution >= 4 is 11.8 Å². The van der Waals surface area contributed by atoms with Crippen LogP contribution in [0.1, 0.15) is 10.4 Å². The van der Waals surface area contributed by atoms with Gasteiger partial charge in [-0.3, -0.25) is 9.59 Å². The average molecular weight is 275 g/mol. The molecule has 0 aromatic heterocycles. The van der Waals surface area contributed by atoms with Gasteiger partial charge in [-0.05, 0) is 30.8 Å². The van der Waals surface area contributed by atoms with E-state index in [1.54, 1.807) is 36.4 Å². The van der Waals surface area contributed by atoms with Crippen molar-refractivity contribution in [2.75, 3.05) is 20.6 Å². The molecule has 0 aliphatic rings. The zero-order valence-corrected chi connectivity index (χ0v) is 11.4. The fraction of sp³-hybridized carbons (Fsp3) is 0.231. The second-order valence-corrected chi connectivity index (χ2v) is 3.93. The van der Waals surface area contributed by atoms with E-state index in [1.165, 1.54) is 6.08 Å². The van der Waals surface area contributed by atoms with Gasteiger partial charge in [0.1, 0.15) is 0 Å². The predicted octanol–water partition coefficient (Wildman–Crippen LogP) is 1.73. The second kappa shape index (κ2) is 10.3. The largest absolute Gasteiger partial charge is 0.366 e. The quantitative estimate of drug-likeness (QED) is 0.390. The zero-order chi connectivity index (χ0) is 15.4. The van der Waals surface area contributed by atoms with Gasteiger partial charge in [-0.1, -0.05) is 36.4 Å². The lowest BCUT2D eigenvalue weighted by atomic mass is 10.2. The van der Waals surface area contributed by atoms with Crippen LogP contribution in [-0.4, -0.2) is 37.4 Å². The maximum absolute atomic E-state index is 10.8. The Balaban J connectivity index is 0.000000370. The molecule has 7 nitrogen and oxygen atoms in total. The number of hydrogen-bond donors (Lipinski definition) is 1. The summed E-state index contributed by atoms with van der Waals surface area (Å²) in [5, 5.41) is 2.94. The van der Waals surface area contributed by atoms with Crippen molar-refractivity contribution in [1.82, 2.24) is 4.90 Å². The summed E-state index contributed by atoms with van der Waals surface area (Å²) >= 11 is 0. The van der Waals surface area contributed by atoms with Crippen molar-refractivity contribution in [1.29, 1.82) is 0 Å². The summed E-state index contributed by atoms with van der Waals surface area (Å²) < 4.78 is 0. The highest BCUT2D eigenvalue weighted by Gasteiger charge is 1.98. The number of nitrogens with two attached hydrogens (primary N) is 1. The lowest BCUT2D eigenvalue weighted by Gasteiger charge is -2.02. The third kappa shape index (κ3) is 9.41. The Morgan fingerprint density at radius 3 is 2.40 bits per heavy atom. The van der Waals surface area contributed by atoms with Crippen molar-refractivity contribution in [3.8, 4) is 0 Å². The molecular weight excluding hydrogens is 258 g/mol. The van der Waals surface area contributed by atoms with Crippen molar-refractivity contribution in [2.45, 2.75) is 0 Å². The van der Waals surface area contributed by atoms with Crippen molar-refractivity contribution in [3.63, 3.8) is 0 Å². The number of hydrogen-bond acceptors (Lipinski definition) is 3. The van der Waals surface area contributed by atoms with Crippen molar-refractivity contribution in [3.05, 3.63) is 58.5 Å². The number of carbonyl (C=O) groups is 2. The normalized spacial score (nSPS) is 9.55. The lowest BCUT2D eigenvalue weighted by Crippen LogP contribution is -2.12. The van der Waals surface area contributed by atoms with Gasteiger partial charge in [-0.25, -0.2) is 0 Å². The van der Waals surface area contributed by atoms with E-state index in [-0.39, 0.29) is 0 Å². The van der Waals surface area contributed by atoms with Gasteiger partial charge in [-0.15, -0.1) is 0 Å². The molecule has 1 aromatic rings. The molecule has 106 valence electrons. The Kier molecular flexibility index (Phi) is 8.95. The SMILES string of the molecule is CN(C)C/C=C/C(N)=O.[N-]=[N+]=NC(=O)c1ccccc1. The maximum Gasteiger partial charge on any atom is 0.249 e. The molecule has 0 unspecified atom stereocenters. The van der Waals surface area contributed by atoms with Crippen LogP contribution in [0.25, 0.3) is 10.4 Å². The average Bonchev–Trinajstić information content (AvgIpc) is 2.40. The van der Waals surface area contributed by atoms with Gasteiger partial charge in [0.05, 0.1) is 0 Å². The maximum atomic E-state index is 10.8. The van der Waals surface area contributed by atoms with Crippen LogP contribution in [0.4, 0.5) is 0 Å². The molecule has 0 saturated carbocycles. The van der Waals surface area contributed by atoms with Crippen molar-refractivity contribution < 1.29 is 9.59 Å². The first-order chi connectivity index (χ1) is 9.47. The monoisotopic (exact) mass is 275 g/mol. The number of rotatable bonds is 4. The standard InChI is InChI=1S/C7H5N3O.C6H12N2O/c8-10-9-7(11)6-4-2-1-3-5-6;1-8(2)5-3-4-6(7)9/h1-5H;3-4H,5H2,1-2H3,(H2,7,9)/b;4-3+. The molecule has 2 amide bonds. The van der Waals surface area contributed by atoms with Crippen LogP contribution in [-0.2, 0) is 4.79 Å². The van der Waals surface area contributed by atoms with E-state index < -0.39 is 11.8 Å². The Morgan fingerprint density at radius 2 is 1.95 bits per heavy atom. The minimum atomic E-state index is -0.548. The van der Waals surface area contributed by atoms with Gasteiger partial charge < -0.3 is 10.6 Å². The molecular formula is C13H17N5O2. The fourth-order valence-electron chi connectivity index (χ4n) is 1.06. The second-order valence-electron chi connectivity index (χ2n) is 3.93. The highest BCUT2D eigenvalue weighted by Crippen LogP contribution is 1.99. The molecule has 20 heavy (non-hydrogen) atoms. The molecule has 0 aliphatic carbocycles. The van der Waals surface area contributed by atoms with Crippen LogP contribution in [0.2, 0.25) is 0 Å². The summed E-state index contributed by atoms with van der Waals surface area (Å²) in [6, 6.07) is 8.39. The van der Waals surface area contributed by atoms with Gasteiger partial charge >= 0.3 is 0 Å². The lowest BCUT2D eigenvalue weighted by molar-refractivity contribution is -0.113. The van der Waals surface area contributed by atoms with Crippen LogP contribution < -0.4 is 5.73 Å². The molecule has 0 heterocycles. The molecule has 0 saturated heterocycles. The Morgan fingerprint density at radius 1 is 1.35 bits per heavy atom. The number of amides is 2. The minimum Gasteiger partial charge on any atom is -0.366 e. The minimum absolute atomic E-state index is 0.392. The molecule has 0 spiro atoms.